The average molecular weight is 312 g/mol. The molecule has 0 radical (unpaired) electrons. The lowest BCUT2D eigenvalue weighted by atomic mass is 9.86. The van der Waals surface area contributed by atoms with Gasteiger partial charge in [-0.05, 0) is 40.8 Å². The van der Waals surface area contributed by atoms with Crippen LogP contribution in [0.25, 0.3) is 6.08 Å². The Hall–Kier alpha value is -2.62. The van der Waals surface area contributed by atoms with Crippen LogP contribution in [0.2, 0.25) is 0 Å². The van der Waals surface area contributed by atoms with Gasteiger partial charge in [-0.25, -0.2) is 4.39 Å². The molecule has 23 heavy (non-hydrogen) atoms. The van der Waals surface area contributed by atoms with E-state index in [1.807, 2.05) is 24.3 Å². The SMILES string of the molecule is CC(C)(C)c1ccccc1NC(=O)/C=C/c1ccc(F)c(N)c1. The van der Waals surface area contributed by atoms with Gasteiger partial charge >= 0.3 is 0 Å². The Morgan fingerprint density at radius 3 is 2.52 bits per heavy atom. The number of hydrogen-bond donors (Lipinski definition) is 2. The van der Waals surface area contributed by atoms with Crippen molar-refractivity contribution in [3.8, 4) is 0 Å². The van der Waals surface area contributed by atoms with Gasteiger partial charge in [-0.2, -0.15) is 0 Å². The van der Waals surface area contributed by atoms with Crippen LogP contribution < -0.4 is 11.1 Å². The van der Waals surface area contributed by atoms with Crippen LogP contribution in [0.4, 0.5) is 15.8 Å². The fourth-order valence-electron chi connectivity index (χ4n) is 2.26. The first-order valence-corrected chi connectivity index (χ1v) is 7.41. The number of halogens is 1. The molecule has 4 heteroatoms. The number of carbonyl (C=O) groups excluding carboxylic acids is 1. The first kappa shape index (κ1) is 16.7. The normalized spacial score (nSPS) is 11.7. The molecule has 0 atom stereocenters. The zero-order chi connectivity index (χ0) is 17.0. The summed E-state index contributed by atoms with van der Waals surface area (Å²) in [5.74, 6) is -0.713. The number of carbonyl (C=O) groups is 1. The summed E-state index contributed by atoms with van der Waals surface area (Å²) < 4.78 is 13.1. The van der Waals surface area contributed by atoms with Crippen LogP contribution in [-0.2, 0) is 10.2 Å². The van der Waals surface area contributed by atoms with E-state index in [1.165, 1.54) is 18.2 Å². The number of benzene rings is 2. The van der Waals surface area contributed by atoms with Crippen LogP contribution in [0.15, 0.2) is 48.5 Å². The second kappa shape index (κ2) is 6.65. The van der Waals surface area contributed by atoms with Crippen molar-refractivity contribution in [1.29, 1.82) is 0 Å². The highest BCUT2D eigenvalue weighted by molar-refractivity contribution is 6.02. The van der Waals surface area contributed by atoms with Gasteiger partial charge in [0.2, 0.25) is 5.91 Å². The molecule has 0 aliphatic rings. The molecule has 0 fully saturated rings. The molecule has 0 aromatic heterocycles. The van der Waals surface area contributed by atoms with Crippen LogP contribution in [0.5, 0.6) is 0 Å². The zero-order valence-corrected chi connectivity index (χ0v) is 13.6. The fraction of sp³-hybridized carbons (Fsp3) is 0.211. The maximum absolute atomic E-state index is 13.1. The van der Waals surface area contributed by atoms with Crippen molar-refractivity contribution in [1.82, 2.24) is 0 Å². The topological polar surface area (TPSA) is 55.1 Å². The number of para-hydroxylation sites is 1. The molecule has 0 aliphatic carbocycles. The molecule has 0 spiro atoms. The second-order valence-electron chi connectivity index (χ2n) is 6.40. The standard InChI is InChI=1S/C19H21FN2O/c1-19(2,3)14-6-4-5-7-17(14)22-18(23)11-9-13-8-10-15(20)16(21)12-13/h4-12H,21H2,1-3H3,(H,22,23)/b11-9+. The Balaban J connectivity index is 2.14. The summed E-state index contributed by atoms with van der Waals surface area (Å²) in [4.78, 5) is 12.1. The average Bonchev–Trinajstić information content (AvgIpc) is 2.48. The van der Waals surface area contributed by atoms with Crippen LogP contribution in [-0.4, -0.2) is 5.91 Å². The van der Waals surface area contributed by atoms with Gasteiger partial charge < -0.3 is 11.1 Å². The van der Waals surface area contributed by atoms with Crippen molar-refractivity contribution in [3.63, 3.8) is 0 Å². The lowest BCUT2D eigenvalue weighted by Crippen LogP contribution is -2.17. The van der Waals surface area contributed by atoms with E-state index in [2.05, 4.69) is 26.1 Å². The van der Waals surface area contributed by atoms with E-state index < -0.39 is 5.82 Å². The highest BCUT2D eigenvalue weighted by Gasteiger charge is 2.17. The molecule has 2 aromatic carbocycles. The van der Waals surface area contributed by atoms with Gasteiger partial charge in [0.1, 0.15) is 5.82 Å². The summed E-state index contributed by atoms with van der Waals surface area (Å²) in [6.07, 6.45) is 3.01. The summed E-state index contributed by atoms with van der Waals surface area (Å²) in [6, 6.07) is 12.0. The maximum atomic E-state index is 13.1. The van der Waals surface area contributed by atoms with E-state index in [4.69, 9.17) is 5.73 Å². The molecule has 0 saturated carbocycles. The van der Waals surface area contributed by atoms with E-state index in [1.54, 1.807) is 12.1 Å². The van der Waals surface area contributed by atoms with Crippen molar-refractivity contribution >= 4 is 23.4 Å². The number of amides is 1. The van der Waals surface area contributed by atoms with E-state index in [0.29, 0.717) is 5.56 Å². The van der Waals surface area contributed by atoms with E-state index >= 15 is 0 Å². The summed E-state index contributed by atoms with van der Waals surface area (Å²) in [5, 5.41) is 2.88. The number of nitrogens with one attached hydrogen (secondary N) is 1. The third-order valence-electron chi connectivity index (χ3n) is 3.44. The molecule has 0 aliphatic heterocycles. The number of anilines is 2. The Kier molecular flexibility index (Phi) is 4.84. The quantitative estimate of drug-likeness (QED) is 0.653. The Labute approximate surface area is 136 Å². The smallest absolute Gasteiger partial charge is 0.248 e. The lowest BCUT2D eigenvalue weighted by Gasteiger charge is -2.22. The molecular weight excluding hydrogens is 291 g/mol. The minimum Gasteiger partial charge on any atom is -0.396 e. The maximum Gasteiger partial charge on any atom is 0.248 e. The Morgan fingerprint density at radius 1 is 1.17 bits per heavy atom. The van der Waals surface area contributed by atoms with Crippen molar-refractivity contribution in [2.24, 2.45) is 0 Å². The molecule has 120 valence electrons. The molecule has 3 nitrogen and oxygen atoms in total. The monoisotopic (exact) mass is 312 g/mol. The first-order valence-electron chi connectivity index (χ1n) is 7.41. The van der Waals surface area contributed by atoms with Crippen molar-refractivity contribution in [2.75, 3.05) is 11.1 Å². The van der Waals surface area contributed by atoms with Crippen LogP contribution >= 0.6 is 0 Å². The van der Waals surface area contributed by atoms with Crippen molar-refractivity contribution < 1.29 is 9.18 Å². The number of nitrogens with two attached hydrogens (primary N) is 1. The first-order chi connectivity index (χ1) is 10.8. The van der Waals surface area contributed by atoms with Gasteiger partial charge in [-0.1, -0.05) is 45.0 Å². The lowest BCUT2D eigenvalue weighted by molar-refractivity contribution is -0.111. The number of rotatable bonds is 3. The van der Waals surface area contributed by atoms with E-state index in [9.17, 15) is 9.18 Å². The van der Waals surface area contributed by atoms with Gasteiger partial charge in [-0.15, -0.1) is 0 Å². The molecule has 2 aromatic rings. The molecular formula is C19H21FN2O. The summed E-state index contributed by atoms with van der Waals surface area (Å²) in [5.41, 5.74) is 8.02. The molecule has 0 saturated heterocycles. The Morgan fingerprint density at radius 2 is 1.87 bits per heavy atom. The third kappa shape index (κ3) is 4.42. The predicted octanol–water partition coefficient (Wildman–Crippen LogP) is 4.36. The highest BCUT2D eigenvalue weighted by Crippen LogP contribution is 2.29. The second-order valence-corrected chi connectivity index (χ2v) is 6.40. The molecule has 1 amide bonds. The zero-order valence-electron chi connectivity index (χ0n) is 13.6. The van der Waals surface area contributed by atoms with Gasteiger partial charge in [0, 0.05) is 11.8 Å². The Bertz CT molecular complexity index is 745. The predicted molar refractivity (Wildman–Crippen MR) is 93.6 cm³/mol. The minimum absolute atomic E-state index is 0.0608. The van der Waals surface area contributed by atoms with Crippen LogP contribution in [0.3, 0.4) is 0 Å². The van der Waals surface area contributed by atoms with Gasteiger partial charge in [0.25, 0.3) is 0 Å². The van der Waals surface area contributed by atoms with Crippen molar-refractivity contribution in [3.05, 3.63) is 65.5 Å². The van der Waals surface area contributed by atoms with Crippen LogP contribution in [0, 0.1) is 5.82 Å². The molecule has 0 bridgehead atoms. The van der Waals surface area contributed by atoms with Gasteiger partial charge in [-0.3, -0.25) is 4.79 Å². The van der Waals surface area contributed by atoms with E-state index in [0.717, 1.165) is 11.3 Å². The largest absolute Gasteiger partial charge is 0.396 e. The third-order valence-corrected chi connectivity index (χ3v) is 3.44. The minimum atomic E-state index is -0.467. The molecule has 2 rings (SSSR count). The summed E-state index contributed by atoms with van der Waals surface area (Å²) >= 11 is 0. The van der Waals surface area contributed by atoms with Gasteiger partial charge in [0.15, 0.2) is 0 Å². The highest BCUT2D eigenvalue weighted by atomic mass is 19.1. The molecule has 3 N–H and O–H groups in total. The summed E-state index contributed by atoms with van der Waals surface area (Å²) in [7, 11) is 0. The summed E-state index contributed by atoms with van der Waals surface area (Å²) in [6.45, 7) is 6.28. The number of nitrogen functional groups attached to an aromatic ring is 1. The van der Waals surface area contributed by atoms with E-state index in [-0.39, 0.29) is 17.0 Å². The van der Waals surface area contributed by atoms with Crippen molar-refractivity contribution in [2.45, 2.75) is 26.2 Å². The molecule has 0 heterocycles. The van der Waals surface area contributed by atoms with Crippen LogP contribution in [0.1, 0.15) is 31.9 Å². The molecule has 0 unspecified atom stereocenters. The fourth-order valence-corrected chi connectivity index (χ4v) is 2.26. The van der Waals surface area contributed by atoms with Gasteiger partial charge in [0.05, 0.1) is 5.69 Å². The number of hydrogen-bond acceptors (Lipinski definition) is 2.